The van der Waals surface area contributed by atoms with Gasteiger partial charge in [0.25, 0.3) is 0 Å². The second-order valence-corrected chi connectivity index (χ2v) is 5.07. The number of nitrogens with zero attached hydrogens (tertiary/aromatic N) is 1. The molecule has 0 aliphatic carbocycles. The normalized spacial score (nSPS) is 10.5. The first-order chi connectivity index (χ1) is 8.11. The van der Waals surface area contributed by atoms with E-state index in [1.807, 2.05) is 6.92 Å². The lowest BCUT2D eigenvalue weighted by Gasteiger charge is -1.96. The van der Waals surface area contributed by atoms with Crippen LogP contribution in [0.4, 0.5) is 0 Å². The van der Waals surface area contributed by atoms with Crippen molar-refractivity contribution in [2.24, 2.45) is 0 Å². The minimum atomic E-state index is 0.109. The van der Waals surface area contributed by atoms with Gasteiger partial charge in [-0.1, -0.05) is 36.8 Å². The molecule has 0 unspecified atom stereocenters. The zero-order valence-corrected chi connectivity index (χ0v) is 11.1. The van der Waals surface area contributed by atoms with E-state index in [-0.39, 0.29) is 5.78 Å². The van der Waals surface area contributed by atoms with Crippen LogP contribution in [0.5, 0.6) is 0 Å². The summed E-state index contributed by atoms with van der Waals surface area (Å²) in [5, 5.41) is 0.937. The highest BCUT2D eigenvalue weighted by Crippen LogP contribution is 2.28. The molecule has 0 saturated heterocycles. The second kappa shape index (κ2) is 4.80. The van der Waals surface area contributed by atoms with Crippen molar-refractivity contribution in [1.82, 2.24) is 4.98 Å². The quantitative estimate of drug-likeness (QED) is 0.768. The van der Waals surface area contributed by atoms with Crippen molar-refractivity contribution in [2.45, 2.75) is 27.2 Å². The maximum Gasteiger partial charge on any atom is 0.171 e. The Morgan fingerprint density at radius 1 is 1.29 bits per heavy atom. The molecule has 0 atom stereocenters. The third-order valence-corrected chi connectivity index (χ3v) is 3.90. The van der Waals surface area contributed by atoms with Crippen molar-refractivity contribution in [1.29, 1.82) is 0 Å². The van der Waals surface area contributed by atoms with Crippen molar-refractivity contribution in [3.8, 4) is 10.6 Å². The number of benzene rings is 1. The molecule has 2 nitrogen and oxygen atoms in total. The van der Waals surface area contributed by atoms with Crippen molar-refractivity contribution in [3.05, 3.63) is 40.4 Å². The molecule has 1 heterocycles. The molecule has 0 amide bonds. The van der Waals surface area contributed by atoms with Crippen LogP contribution in [-0.2, 0) is 6.42 Å². The topological polar surface area (TPSA) is 30.0 Å². The largest absolute Gasteiger partial charge is 0.294 e. The van der Waals surface area contributed by atoms with Gasteiger partial charge in [0.05, 0.1) is 10.6 Å². The Balaban J connectivity index is 2.46. The molecule has 0 radical (unpaired) electrons. The molecule has 0 N–H and O–H groups in total. The molecule has 17 heavy (non-hydrogen) atoms. The van der Waals surface area contributed by atoms with E-state index in [0.717, 1.165) is 27.6 Å². The number of aryl methyl sites for hydroxylation is 2. The standard InChI is InChI=1S/C14H15NOS/c1-4-12-13(10(3)16)17-14(15-12)11-7-5-9(2)6-8-11/h5-8H,4H2,1-3H3. The maximum atomic E-state index is 11.5. The van der Waals surface area contributed by atoms with E-state index in [1.54, 1.807) is 6.92 Å². The van der Waals surface area contributed by atoms with Crippen molar-refractivity contribution >= 4 is 17.1 Å². The first kappa shape index (κ1) is 12.0. The van der Waals surface area contributed by atoms with Crippen LogP contribution in [0.25, 0.3) is 10.6 Å². The molecule has 1 aromatic heterocycles. The minimum absolute atomic E-state index is 0.109. The monoisotopic (exact) mass is 245 g/mol. The number of hydrogen-bond donors (Lipinski definition) is 0. The predicted molar refractivity (Wildman–Crippen MR) is 71.7 cm³/mol. The van der Waals surface area contributed by atoms with E-state index in [2.05, 4.69) is 36.2 Å². The number of aromatic nitrogens is 1. The van der Waals surface area contributed by atoms with Crippen molar-refractivity contribution in [3.63, 3.8) is 0 Å². The van der Waals surface area contributed by atoms with E-state index >= 15 is 0 Å². The number of carbonyl (C=O) groups excluding carboxylic acids is 1. The Bertz CT molecular complexity index is 540. The fourth-order valence-corrected chi connectivity index (χ4v) is 2.74. The molecule has 0 saturated carbocycles. The third kappa shape index (κ3) is 2.44. The number of thiazole rings is 1. The van der Waals surface area contributed by atoms with Gasteiger partial charge in [0.15, 0.2) is 5.78 Å². The Labute approximate surface area is 105 Å². The van der Waals surface area contributed by atoms with Crippen LogP contribution in [0.15, 0.2) is 24.3 Å². The summed E-state index contributed by atoms with van der Waals surface area (Å²) in [5.74, 6) is 0.109. The molecule has 2 aromatic rings. The van der Waals surface area contributed by atoms with E-state index in [0.29, 0.717) is 0 Å². The van der Waals surface area contributed by atoms with Gasteiger partial charge in [-0.2, -0.15) is 0 Å². The van der Waals surface area contributed by atoms with Gasteiger partial charge in [0.2, 0.25) is 0 Å². The fourth-order valence-electron chi connectivity index (χ4n) is 1.69. The first-order valence-corrected chi connectivity index (χ1v) is 6.51. The Hall–Kier alpha value is -1.48. The van der Waals surface area contributed by atoms with Crippen LogP contribution in [-0.4, -0.2) is 10.8 Å². The van der Waals surface area contributed by atoms with Gasteiger partial charge < -0.3 is 0 Å². The van der Waals surface area contributed by atoms with E-state index < -0.39 is 0 Å². The third-order valence-electron chi connectivity index (χ3n) is 2.65. The summed E-state index contributed by atoms with van der Waals surface area (Å²) in [7, 11) is 0. The highest BCUT2D eigenvalue weighted by Gasteiger charge is 2.14. The van der Waals surface area contributed by atoms with Gasteiger partial charge >= 0.3 is 0 Å². The molecule has 3 heteroatoms. The summed E-state index contributed by atoms with van der Waals surface area (Å²) in [4.78, 5) is 16.8. The lowest BCUT2D eigenvalue weighted by atomic mass is 10.1. The van der Waals surface area contributed by atoms with Gasteiger partial charge in [-0.15, -0.1) is 11.3 Å². The Morgan fingerprint density at radius 2 is 1.94 bits per heavy atom. The zero-order chi connectivity index (χ0) is 12.4. The molecule has 88 valence electrons. The number of carbonyl (C=O) groups is 1. The van der Waals surface area contributed by atoms with Crippen LogP contribution in [0.1, 0.15) is 34.8 Å². The minimum Gasteiger partial charge on any atom is -0.294 e. The molecule has 0 aliphatic rings. The summed E-state index contributed by atoms with van der Waals surface area (Å²) < 4.78 is 0. The molecule has 1 aromatic carbocycles. The van der Waals surface area contributed by atoms with Crippen molar-refractivity contribution < 1.29 is 4.79 Å². The van der Waals surface area contributed by atoms with Gasteiger partial charge in [0.1, 0.15) is 5.01 Å². The van der Waals surface area contributed by atoms with Gasteiger partial charge in [-0.05, 0) is 13.3 Å². The number of hydrogen-bond acceptors (Lipinski definition) is 3. The van der Waals surface area contributed by atoms with Crippen molar-refractivity contribution in [2.75, 3.05) is 0 Å². The van der Waals surface area contributed by atoms with Crippen LogP contribution in [0.2, 0.25) is 0 Å². The lowest BCUT2D eigenvalue weighted by Crippen LogP contribution is -1.93. The van der Waals surface area contributed by atoms with E-state index in [9.17, 15) is 4.79 Å². The summed E-state index contributed by atoms with van der Waals surface area (Å²) in [6, 6.07) is 8.24. The lowest BCUT2D eigenvalue weighted by molar-refractivity contribution is 0.102. The maximum absolute atomic E-state index is 11.5. The molecule has 2 rings (SSSR count). The van der Waals surface area contributed by atoms with Gasteiger partial charge in [0, 0.05) is 12.5 Å². The summed E-state index contributed by atoms with van der Waals surface area (Å²) >= 11 is 1.49. The highest BCUT2D eigenvalue weighted by atomic mass is 32.1. The number of rotatable bonds is 3. The summed E-state index contributed by atoms with van der Waals surface area (Å²) in [6.45, 7) is 5.69. The van der Waals surface area contributed by atoms with Crippen LogP contribution in [0, 0.1) is 6.92 Å². The highest BCUT2D eigenvalue weighted by molar-refractivity contribution is 7.17. The van der Waals surface area contributed by atoms with E-state index in [1.165, 1.54) is 16.9 Å². The first-order valence-electron chi connectivity index (χ1n) is 5.69. The molecule has 0 bridgehead atoms. The molecule has 0 fully saturated rings. The average Bonchev–Trinajstić information content (AvgIpc) is 2.74. The summed E-state index contributed by atoms with van der Waals surface area (Å²) in [5.41, 5.74) is 3.23. The van der Waals surface area contributed by atoms with Crippen LogP contribution in [0.3, 0.4) is 0 Å². The van der Waals surface area contributed by atoms with E-state index in [4.69, 9.17) is 0 Å². The molecular formula is C14H15NOS. The number of ketones is 1. The summed E-state index contributed by atoms with van der Waals surface area (Å²) in [6.07, 6.45) is 0.803. The van der Waals surface area contributed by atoms with Gasteiger partial charge in [-0.25, -0.2) is 4.98 Å². The molecular weight excluding hydrogens is 230 g/mol. The van der Waals surface area contributed by atoms with Gasteiger partial charge in [-0.3, -0.25) is 4.79 Å². The average molecular weight is 245 g/mol. The van der Waals surface area contributed by atoms with Crippen LogP contribution >= 0.6 is 11.3 Å². The Kier molecular flexibility index (Phi) is 3.38. The molecule has 0 aliphatic heterocycles. The second-order valence-electron chi connectivity index (χ2n) is 4.07. The smallest absolute Gasteiger partial charge is 0.171 e. The zero-order valence-electron chi connectivity index (χ0n) is 10.3. The number of Topliss-reactive ketones (excluding diaryl/α,β-unsaturated/α-hetero) is 1. The Morgan fingerprint density at radius 3 is 2.41 bits per heavy atom. The van der Waals surface area contributed by atoms with Crippen LogP contribution < -0.4 is 0 Å². The fraction of sp³-hybridized carbons (Fsp3) is 0.286. The predicted octanol–water partition coefficient (Wildman–Crippen LogP) is 3.88. The SMILES string of the molecule is CCc1nc(-c2ccc(C)cc2)sc1C(C)=O. The molecule has 0 spiro atoms.